The lowest BCUT2D eigenvalue weighted by atomic mass is 10.1. The number of para-hydroxylation sites is 1. The molecule has 1 atom stereocenters. The molecule has 0 aliphatic carbocycles. The average molecular weight is 260 g/mol. The number of benzene rings is 1. The van der Waals surface area contributed by atoms with Crippen LogP contribution >= 0.6 is 0 Å². The number of fused-ring (bicyclic) bond motifs is 1. The Bertz CT molecular complexity index is 620. The molecule has 1 aromatic heterocycles. The number of oxazole rings is 1. The molecule has 1 aromatic carbocycles. The quantitative estimate of drug-likeness (QED) is 0.773. The Kier molecular flexibility index (Phi) is 2.98. The van der Waals surface area contributed by atoms with Gasteiger partial charge in [0.1, 0.15) is 11.1 Å². The van der Waals surface area contributed by atoms with E-state index in [0.29, 0.717) is 22.6 Å². The summed E-state index contributed by atoms with van der Waals surface area (Å²) in [5.41, 5.74) is 1.68. The third-order valence-electron chi connectivity index (χ3n) is 3.58. The zero-order valence-electron chi connectivity index (χ0n) is 11.0. The van der Waals surface area contributed by atoms with Crippen molar-refractivity contribution in [1.29, 1.82) is 0 Å². The molecule has 3 rings (SSSR count). The van der Waals surface area contributed by atoms with Crippen molar-refractivity contribution in [2.45, 2.75) is 12.3 Å². The Labute approximate surface area is 111 Å². The molecule has 1 aliphatic rings. The number of esters is 1. The number of hydrogen-bond donors (Lipinski definition) is 0. The van der Waals surface area contributed by atoms with Gasteiger partial charge in [-0.25, -0.2) is 9.78 Å². The smallest absolute Gasteiger partial charge is 0.341 e. The van der Waals surface area contributed by atoms with Gasteiger partial charge in [-0.3, -0.25) is 0 Å². The van der Waals surface area contributed by atoms with Crippen LogP contribution in [0, 0.1) is 0 Å². The molecule has 0 spiro atoms. The maximum Gasteiger partial charge on any atom is 0.341 e. The Morgan fingerprint density at radius 3 is 3.05 bits per heavy atom. The van der Waals surface area contributed by atoms with E-state index in [1.54, 1.807) is 12.1 Å². The van der Waals surface area contributed by atoms with Gasteiger partial charge in [0, 0.05) is 12.5 Å². The van der Waals surface area contributed by atoms with E-state index in [4.69, 9.17) is 9.15 Å². The van der Waals surface area contributed by atoms with Crippen LogP contribution in [0.4, 0.5) is 0 Å². The molecular formula is C14H16N2O3. The minimum atomic E-state index is -0.392. The van der Waals surface area contributed by atoms with E-state index in [1.165, 1.54) is 7.11 Å². The van der Waals surface area contributed by atoms with E-state index in [2.05, 4.69) is 16.9 Å². The zero-order valence-corrected chi connectivity index (χ0v) is 11.0. The number of aromatic nitrogens is 1. The van der Waals surface area contributed by atoms with Gasteiger partial charge in [-0.05, 0) is 32.1 Å². The van der Waals surface area contributed by atoms with E-state index in [0.717, 1.165) is 25.4 Å². The first-order valence-corrected chi connectivity index (χ1v) is 6.35. The van der Waals surface area contributed by atoms with Gasteiger partial charge in [0.2, 0.25) is 0 Å². The first-order chi connectivity index (χ1) is 9.19. The molecule has 0 bridgehead atoms. The number of carbonyl (C=O) groups is 1. The summed E-state index contributed by atoms with van der Waals surface area (Å²) >= 11 is 0. The van der Waals surface area contributed by atoms with Crippen LogP contribution in [0.15, 0.2) is 22.6 Å². The summed E-state index contributed by atoms with van der Waals surface area (Å²) < 4.78 is 10.6. The lowest BCUT2D eigenvalue weighted by molar-refractivity contribution is 0.0601. The van der Waals surface area contributed by atoms with E-state index < -0.39 is 5.97 Å². The molecule has 1 saturated heterocycles. The van der Waals surface area contributed by atoms with E-state index in [1.807, 2.05) is 6.07 Å². The molecule has 0 saturated carbocycles. The standard InChI is InChI=1S/C14H16N2O3/c1-16-7-6-9(8-16)13-15-11-5-3-4-10(12(11)19-13)14(17)18-2/h3-5,9H,6-8H2,1-2H3. The minimum Gasteiger partial charge on any atom is -0.465 e. The van der Waals surface area contributed by atoms with Gasteiger partial charge < -0.3 is 14.1 Å². The second-order valence-electron chi connectivity index (χ2n) is 4.95. The van der Waals surface area contributed by atoms with Crippen LogP contribution in [0.1, 0.15) is 28.6 Å². The second-order valence-corrected chi connectivity index (χ2v) is 4.95. The summed E-state index contributed by atoms with van der Waals surface area (Å²) in [6.07, 6.45) is 1.04. The van der Waals surface area contributed by atoms with E-state index in [9.17, 15) is 4.79 Å². The van der Waals surface area contributed by atoms with Crippen LogP contribution in [0.5, 0.6) is 0 Å². The highest BCUT2D eigenvalue weighted by Crippen LogP contribution is 2.29. The van der Waals surface area contributed by atoms with Crippen LogP contribution in [-0.2, 0) is 4.74 Å². The van der Waals surface area contributed by atoms with Crippen LogP contribution in [-0.4, -0.2) is 43.1 Å². The van der Waals surface area contributed by atoms with Crippen molar-refractivity contribution in [3.8, 4) is 0 Å². The van der Waals surface area contributed by atoms with Crippen molar-refractivity contribution < 1.29 is 13.9 Å². The molecule has 0 radical (unpaired) electrons. The normalized spacial score (nSPS) is 20.0. The lowest BCUT2D eigenvalue weighted by Gasteiger charge is -2.05. The van der Waals surface area contributed by atoms with E-state index in [-0.39, 0.29) is 0 Å². The molecular weight excluding hydrogens is 244 g/mol. The van der Waals surface area contributed by atoms with Crippen molar-refractivity contribution in [3.63, 3.8) is 0 Å². The lowest BCUT2D eigenvalue weighted by Crippen LogP contribution is -2.13. The number of likely N-dealkylation sites (N-methyl/N-ethyl adjacent to an activating group) is 1. The molecule has 1 aliphatic heterocycles. The van der Waals surface area contributed by atoms with Crippen molar-refractivity contribution in [2.24, 2.45) is 0 Å². The number of likely N-dealkylation sites (tertiary alicyclic amines) is 1. The van der Waals surface area contributed by atoms with Gasteiger partial charge in [0.05, 0.1) is 7.11 Å². The summed E-state index contributed by atoms with van der Waals surface area (Å²) in [5.74, 6) is 0.635. The maximum atomic E-state index is 11.7. The van der Waals surface area contributed by atoms with Crippen molar-refractivity contribution >= 4 is 17.1 Å². The molecule has 0 amide bonds. The fourth-order valence-electron chi connectivity index (χ4n) is 2.55. The fourth-order valence-corrected chi connectivity index (χ4v) is 2.55. The summed E-state index contributed by atoms with van der Waals surface area (Å²) in [6, 6.07) is 5.35. The molecule has 1 unspecified atom stereocenters. The third kappa shape index (κ3) is 2.10. The van der Waals surface area contributed by atoms with Crippen molar-refractivity contribution in [3.05, 3.63) is 29.7 Å². The summed E-state index contributed by atoms with van der Waals surface area (Å²) in [4.78, 5) is 18.4. The summed E-state index contributed by atoms with van der Waals surface area (Å²) in [5, 5.41) is 0. The Hall–Kier alpha value is -1.88. The maximum absolute atomic E-state index is 11.7. The van der Waals surface area contributed by atoms with Gasteiger partial charge in [0.25, 0.3) is 0 Å². The molecule has 5 nitrogen and oxygen atoms in total. The SMILES string of the molecule is COC(=O)c1cccc2nc(C3CCN(C)C3)oc12. The van der Waals surface area contributed by atoms with Crippen molar-refractivity contribution in [2.75, 3.05) is 27.2 Å². The van der Waals surface area contributed by atoms with Crippen LogP contribution in [0.2, 0.25) is 0 Å². The molecule has 2 aromatic rings. The van der Waals surface area contributed by atoms with Gasteiger partial charge in [-0.1, -0.05) is 6.07 Å². The molecule has 19 heavy (non-hydrogen) atoms. The first kappa shape index (κ1) is 12.2. The van der Waals surface area contributed by atoms with Crippen LogP contribution < -0.4 is 0 Å². The number of rotatable bonds is 2. The number of hydrogen-bond acceptors (Lipinski definition) is 5. The highest BCUT2D eigenvalue weighted by Gasteiger charge is 2.26. The second kappa shape index (κ2) is 4.66. The molecule has 2 heterocycles. The summed E-state index contributed by atoms with van der Waals surface area (Å²) in [6.45, 7) is 1.99. The van der Waals surface area contributed by atoms with Gasteiger partial charge >= 0.3 is 5.97 Å². The first-order valence-electron chi connectivity index (χ1n) is 6.35. The Morgan fingerprint density at radius 2 is 2.37 bits per heavy atom. The zero-order chi connectivity index (χ0) is 13.4. The highest BCUT2D eigenvalue weighted by molar-refractivity contribution is 6.00. The Morgan fingerprint density at radius 1 is 1.53 bits per heavy atom. The third-order valence-corrected chi connectivity index (χ3v) is 3.58. The van der Waals surface area contributed by atoms with Crippen LogP contribution in [0.3, 0.4) is 0 Å². The van der Waals surface area contributed by atoms with Crippen LogP contribution in [0.25, 0.3) is 11.1 Å². The molecule has 5 heteroatoms. The predicted octanol–water partition coefficient (Wildman–Crippen LogP) is 2.03. The Balaban J connectivity index is 2.03. The predicted molar refractivity (Wildman–Crippen MR) is 70.2 cm³/mol. The fraction of sp³-hybridized carbons (Fsp3) is 0.429. The van der Waals surface area contributed by atoms with Gasteiger partial charge in [0.15, 0.2) is 11.5 Å². The molecule has 100 valence electrons. The number of ether oxygens (including phenoxy) is 1. The number of carbonyl (C=O) groups excluding carboxylic acids is 1. The monoisotopic (exact) mass is 260 g/mol. The topological polar surface area (TPSA) is 55.6 Å². The summed E-state index contributed by atoms with van der Waals surface area (Å²) in [7, 11) is 3.45. The van der Waals surface area contributed by atoms with E-state index >= 15 is 0 Å². The van der Waals surface area contributed by atoms with Crippen molar-refractivity contribution in [1.82, 2.24) is 9.88 Å². The van der Waals surface area contributed by atoms with Gasteiger partial charge in [-0.15, -0.1) is 0 Å². The minimum absolute atomic E-state index is 0.308. The largest absolute Gasteiger partial charge is 0.465 e. The average Bonchev–Trinajstić information content (AvgIpc) is 3.02. The molecule has 0 N–H and O–H groups in total. The number of methoxy groups -OCH3 is 1. The number of nitrogens with zero attached hydrogens (tertiary/aromatic N) is 2. The molecule has 1 fully saturated rings. The van der Waals surface area contributed by atoms with Gasteiger partial charge in [-0.2, -0.15) is 0 Å². The highest BCUT2D eigenvalue weighted by atomic mass is 16.5.